The molecule has 1 aliphatic rings. The maximum atomic E-state index is 6.12. The predicted octanol–water partition coefficient (Wildman–Crippen LogP) is 3.70. The lowest BCUT2D eigenvalue weighted by molar-refractivity contribution is -0.0705. The van der Waals surface area contributed by atoms with E-state index in [1.807, 2.05) is 12.1 Å². The largest absolute Gasteiger partial charge is 0.492 e. The van der Waals surface area contributed by atoms with Crippen molar-refractivity contribution in [3.8, 4) is 5.75 Å². The first-order valence-electron chi connectivity index (χ1n) is 7.84. The zero-order valence-corrected chi connectivity index (χ0v) is 14.2. The van der Waals surface area contributed by atoms with Gasteiger partial charge in [0.1, 0.15) is 12.4 Å². The Labute approximate surface area is 129 Å². The highest BCUT2D eigenvalue weighted by Gasteiger charge is 2.45. The summed E-state index contributed by atoms with van der Waals surface area (Å²) in [5, 5.41) is 3.66. The monoisotopic (exact) mass is 291 g/mol. The van der Waals surface area contributed by atoms with E-state index in [2.05, 4.69) is 59.0 Å². The maximum absolute atomic E-state index is 6.12. The molecule has 0 radical (unpaired) electrons. The Morgan fingerprint density at radius 1 is 1.24 bits per heavy atom. The van der Waals surface area contributed by atoms with Gasteiger partial charge in [-0.15, -0.1) is 0 Å². The molecule has 1 aromatic rings. The van der Waals surface area contributed by atoms with Gasteiger partial charge in [0, 0.05) is 12.1 Å². The second-order valence-electron chi connectivity index (χ2n) is 7.41. The first-order valence-corrected chi connectivity index (χ1v) is 7.84. The third kappa shape index (κ3) is 4.45. The van der Waals surface area contributed by atoms with Crippen molar-refractivity contribution in [1.82, 2.24) is 5.32 Å². The summed E-state index contributed by atoms with van der Waals surface area (Å²) in [5.74, 6) is 0.927. The van der Waals surface area contributed by atoms with Crippen LogP contribution < -0.4 is 10.1 Å². The van der Waals surface area contributed by atoms with Crippen LogP contribution in [0.1, 0.15) is 46.6 Å². The summed E-state index contributed by atoms with van der Waals surface area (Å²) >= 11 is 0. The topological polar surface area (TPSA) is 30.5 Å². The third-order valence-electron chi connectivity index (χ3n) is 4.08. The summed E-state index contributed by atoms with van der Waals surface area (Å²) < 4.78 is 12.0. The van der Waals surface area contributed by atoms with Gasteiger partial charge in [0.2, 0.25) is 0 Å². The van der Waals surface area contributed by atoms with E-state index in [0.29, 0.717) is 12.6 Å². The molecule has 3 heteroatoms. The molecule has 1 aromatic carbocycles. The van der Waals surface area contributed by atoms with Gasteiger partial charge in [-0.1, -0.05) is 17.7 Å². The molecular weight excluding hydrogens is 262 g/mol. The summed E-state index contributed by atoms with van der Waals surface area (Å²) in [5.41, 5.74) is 1.06. The predicted molar refractivity (Wildman–Crippen MR) is 86.9 cm³/mol. The van der Waals surface area contributed by atoms with E-state index in [1.54, 1.807) is 0 Å². The van der Waals surface area contributed by atoms with E-state index in [-0.39, 0.29) is 17.2 Å². The fourth-order valence-electron chi connectivity index (χ4n) is 3.07. The lowest BCUT2D eigenvalue weighted by Crippen LogP contribution is -2.48. The molecule has 0 spiro atoms. The molecule has 1 N–H and O–H groups in total. The molecule has 1 aliphatic heterocycles. The Kier molecular flexibility index (Phi) is 4.64. The van der Waals surface area contributed by atoms with E-state index in [0.717, 1.165) is 12.2 Å². The Morgan fingerprint density at radius 3 is 2.38 bits per heavy atom. The number of ether oxygens (including phenoxy) is 2. The molecule has 0 amide bonds. The van der Waals surface area contributed by atoms with E-state index < -0.39 is 0 Å². The van der Waals surface area contributed by atoms with Crippen molar-refractivity contribution in [2.45, 2.75) is 71.2 Å². The van der Waals surface area contributed by atoms with E-state index in [1.165, 1.54) is 5.56 Å². The van der Waals surface area contributed by atoms with Crippen molar-refractivity contribution in [2.24, 2.45) is 0 Å². The lowest BCUT2D eigenvalue weighted by atomic mass is 9.94. The van der Waals surface area contributed by atoms with Gasteiger partial charge in [-0.3, -0.25) is 0 Å². The van der Waals surface area contributed by atoms with Gasteiger partial charge in [-0.05, 0) is 60.1 Å². The molecule has 0 aliphatic carbocycles. The molecule has 2 atom stereocenters. The summed E-state index contributed by atoms with van der Waals surface area (Å²) in [7, 11) is 0. The Balaban J connectivity index is 1.84. The second kappa shape index (κ2) is 5.98. The normalized spacial score (nSPS) is 24.8. The van der Waals surface area contributed by atoms with Crippen LogP contribution in [-0.2, 0) is 4.74 Å². The number of nitrogens with one attached hydrogen (secondary N) is 1. The van der Waals surface area contributed by atoms with Gasteiger partial charge in [-0.2, -0.15) is 0 Å². The van der Waals surface area contributed by atoms with Crippen LogP contribution >= 0.6 is 0 Å². The maximum Gasteiger partial charge on any atom is 0.119 e. The van der Waals surface area contributed by atoms with Crippen LogP contribution in [0.3, 0.4) is 0 Å². The molecule has 3 nitrogen and oxygen atoms in total. The first-order chi connectivity index (χ1) is 9.68. The molecule has 2 rings (SSSR count). The van der Waals surface area contributed by atoms with E-state index >= 15 is 0 Å². The van der Waals surface area contributed by atoms with Gasteiger partial charge < -0.3 is 14.8 Å². The van der Waals surface area contributed by atoms with Crippen LogP contribution in [-0.4, -0.2) is 29.9 Å². The molecule has 1 heterocycles. The van der Waals surface area contributed by atoms with Crippen LogP contribution in [0, 0.1) is 6.92 Å². The van der Waals surface area contributed by atoms with Crippen LogP contribution in [0.5, 0.6) is 5.75 Å². The minimum absolute atomic E-state index is 0.0568. The van der Waals surface area contributed by atoms with Gasteiger partial charge in [-0.25, -0.2) is 0 Å². The van der Waals surface area contributed by atoms with E-state index in [4.69, 9.17) is 9.47 Å². The molecule has 118 valence electrons. The average molecular weight is 291 g/mol. The highest BCUT2D eigenvalue weighted by atomic mass is 16.5. The second-order valence-corrected chi connectivity index (χ2v) is 7.41. The SMILES string of the molecule is Cc1ccc(OCC(C)NC2CC(C)(C)OC2(C)C)cc1. The molecule has 1 fully saturated rings. The quantitative estimate of drug-likeness (QED) is 0.897. The Morgan fingerprint density at radius 2 is 1.86 bits per heavy atom. The summed E-state index contributed by atoms with van der Waals surface area (Å²) in [6.07, 6.45) is 1.02. The van der Waals surface area contributed by atoms with Crippen molar-refractivity contribution in [2.75, 3.05) is 6.61 Å². The number of aryl methyl sites for hydroxylation is 1. The Hall–Kier alpha value is -1.06. The van der Waals surface area contributed by atoms with Crippen LogP contribution in [0.15, 0.2) is 24.3 Å². The standard InChI is InChI=1S/C18H29NO2/c1-13-7-9-15(10-8-13)20-12-14(2)19-16-11-17(3,4)21-18(16,5)6/h7-10,14,16,19H,11-12H2,1-6H3. The van der Waals surface area contributed by atoms with Crippen molar-refractivity contribution >= 4 is 0 Å². The molecule has 21 heavy (non-hydrogen) atoms. The minimum atomic E-state index is -0.137. The smallest absolute Gasteiger partial charge is 0.119 e. The van der Waals surface area contributed by atoms with Gasteiger partial charge >= 0.3 is 0 Å². The fraction of sp³-hybridized carbons (Fsp3) is 0.667. The van der Waals surface area contributed by atoms with Crippen LogP contribution in [0.4, 0.5) is 0 Å². The van der Waals surface area contributed by atoms with Crippen molar-refractivity contribution in [3.05, 3.63) is 29.8 Å². The molecule has 0 aromatic heterocycles. The molecule has 0 saturated carbocycles. The highest BCUT2D eigenvalue weighted by Crippen LogP contribution is 2.37. The molecule has 1 saturated heterocycles. The highest BCUT2D eigenvalue weighted by molar-refractivity contribution is 5.26. The van der Waals surface area contributed by atoms with Crippen molar-refractivity contribution in [1.29, 1.82) is 0 Å². The molecule has 2 unspecified atom stereocenters. The fourth-order valence-corrected chi connectivity index (χ4v) is 3.07. The number of hydrogen-bond acceptors (Lipinski definition) is 3. The zero-order valence-electron chi connectivity index (χ0n) is 14.2. The zero-order chi connectivity index (χ0) is 15.7. The van der Waals surface area contributed by atoms with Crippen molar-refractivity contribution < 1.29 is 9.47 Å². The Bertz CT molecular complexity index is 465. The van der Waals surface area contributed by atoms with Gasteiger partial charge in [0.15, 0.2) is 0 Å². The van der Waals surface area contributed by atoms with Crippen LogP contribution in [0.2, 0.25) is 0 Å². The summed E-state index contributed by atoms with van der Waals surface area (Å²) in [6.45, 7) is 13.5. The molecule has 0 bridgehead atoms. The van der Waals surface area contributed by atoms with Gasteiger partial charge in [0.25, 0.3) is 0 Å². The average Bonchev–Trinajstić information content (AvgIpc) is 2.56. The van der Waals surface area contributed by atoms with Crippen LogP contribution in [0.25, 0.3) is 0 Å². The third-order valence-corrected chi connectivity index (χ3v) is 4.08. The van der Waals surface area contributed by atoms with E-state index in [9.17, 15) is 0 Å². The van der Waals surface area contributed by atoms with Crippen molar-refractivity contribution in [3.63, 3.8) is 0 Å². The lowest BCUT2D eigenvalue weighted by Gasteiger charge is -2.30. The summed E-state index contributed by atoms with van der Waals surface area (Å²) in [6, 6.07) is 8.83. The summed E-state index contributed by atoms with van der Waals surface area (Å²) in [4.78, 5) is 0. The molecular formula is C18H29NO2. The first kappa shape index (κ1) is 16.3. The minimum Gasteiger partial charge on any atom is -0.492 e. The van der Waals surface area contributed by atoms with Gasteiger partial charge in [0.05, 0.1) is 11.2 Å². The number of hydrogen-bond donors (Lipinski definition) is 1. The number of rotatable bonds is 5. The number of benzene rings is 1.